The lowest BCUT2D eigenvalue weighted by atomic mass is 9.64. The average molecular weight is 744 g/mol. The smallest absolute Gasteiger partial charge is 0.303 e. The van der Waals surface area contributed by atoms with Crippen LogP contribution in [0, 0.1) is 0 Å². The number of carboxylic acid groups (broad SMARTS) is 1. The second kappa shape index (κ2) is 15.1. The number of carboxylic acids is 1. The van der Waals surface area contributed by atoms with Crippen LogP contribution in [0.3, 0.4) is 0 Å². The molecule has 0 spiro atoms. The van der Waals surface area contributed by atoms with Crippen molar-refractivity contribution in [1.29, 1.82) is 0 Å². The lowest BCUT2D eigenvalue weighted by Gasteiger charge is -2.46. The van der Waals surface area contributed by atoms with Gasteiger partial charge in [-0.1, -0.05) is 55.7 Å². The van der Waals surface area contributed by atoms with Gasteiger partial charge in [0.2, 0.25) is 0 Å². The Bertz CT molecular complexity index is 1980. The van der Waals surface area contributed by atoms with E-state index in [0.717, 1.165) is 74.1 Å². The van der Waals surface area contributed by atoms with Crippen LogP contribution < -0.4 is 9.80 Å². The molecule has 0 aromatic heterocycles. The van der Waals surface area contributed by atoms with Crippen LogP contribution in [0.5, 0.6) is 0 Å². The van der Waals surface area contributed by atoms with Gasteiger partial charge in [0.15, 0.2) is 0 Å². The predicted molar refractivity (Wildman–Crippen MR) is 207 cm³/mol. The Kier molecular flexibility index (Phi) is 10.6. The number of aliphatic carboxylic acids is 1. The molecule has 284 valence electrons. The molecule has 0 saturated carbocycles. The Labute approximate surface area is 313 Å². The van der Waals surface area contributed by atoms with Gasteiger partial charge in [0.25, 0.3) is 16.0 Å². The van der Waals surface area contributed by atoms with Crippen molar-refractivity contribution < 1.29 is 32.4 Å². The number of rotatable bonds is 13. The van der Waals surface area contributed by atoms with E-state index in [1.54, 1.807) is 0 Å². The summed E-state index contributed by atoms with van der Waals surface area (Å²) in [5.41, 5.74) is 9.81. The molecule has 5 aliphatic rings. The maximum absolute atomic E-state index is 14.0. The fraction of sp³-hybridized carbons (Fsp3) is 0.524. The third kappa shape index (κ3) is 7.08. The van der Waals surface area contributed by atoms with E-state index in [2.05, 4.69) is 47.1 Å². The number of allylic oxidation sites excluding steroid dienone is 1. The molecule has 0 bridgehead atoms. The zero-order chi connectivity index (χ0) is 37.5. The SMILES string of the molecule is CCN(CC)C(=O)c1cccc2c1N(CCCS(=O)(=O)O)C1=C3C=C4C5=C(CCc6ccccc6C5(C)CCCCCC(=O)O)CCC4OC3CCN12. The summed E-state index contributed by atoms with van der Waals surface area (Å²) in [6.45, 7) is 8.46. The highest BCUT2D eigenvalue weighted by Crippen LogP contribution is 2.55. The molecular formula is C42H53N3O7S. The molecule has 11 heteroatoms. The lowest BCUT2D eigenvalue weighted by molar-refractivity contribution is -0.137. The lowest BCUT2D eigenvalue weighted by Crippen LogP contribution is -2.45. The molecular weight excluding hydrogens is 691 g/mol. The molecule has 2 aliphatic carbocycles. The first-order valence-electron chi connectivity index (χ1n) is 19.5. The van der Waals surface area contributed by atoms with Gasteiger partial charge in [-0.25, -0.2) is 0 Å². The molecule has 10 nitrogen and oxygen atoms in total. The highest BCUT2D eigenvalue weighted by atomic mass is 32.2. The second-order valence-electron chi connectivity index (χ2n) is 15.3. The molecule has 3 atom stereocenters. The third-order valence-electron chi connectivity index (χ3n) is 12.1. The van der Waals surface area contributed by atoms with E-state index in [1.807, 2.05) is 36.9 Å². The van der Waals surface area contributed by atoms with Crippen LogP contribution >= 0.6 is 0 Å². The number of carbonyl (C=O) groups excluding carboxylic acids is 1. The summed E-state index contributed by atoms with van der Waals surface area (Å²) < 4.78 is 40.6. The van der Waals surface area contributed by atoms with Gasteiger partial charge in [0.05, 0.1) is 34.9 Å². The van der Waals surface area contributed by atoms with Crippen LogP contribution in [0.2, 0.25) is 0 Å². The van der Waals surface area contributed by atoms with Crippen molar-refractivity contribution in [3.8, 4) is 0 Å². The zero-order valence-corrected chi connectivity index (χ0v) is 32.1. The summed E-state index contributed by atoms with van der Waals surface area (Å²) in [5.74, 6) is -0.270. The average Bonchev–Trinajstić information content (AvgIpc) is 3.39. The minimum Gasteiger partial charge on any atom is -0.481 e. The number of nitrogens with zero attached hydrogens (tertiary/aromatic N) is 3. The molecule has 3 unspecified atom stereocenters. The number of benzene rings is 2. The molecule has 3 heterocycles. The van der Waals surface area contributed by atoms with Gasteiger partial charge in [-0.2, -0.15) is 8.42 Å². The molecule has 2 N–H and O–H groups in total. The Hall–Kier alpha value is -3.93. The predicted octanol–water partition coefficient (Wildman–Crippen LogP) is 7.41. The summed E-state index contributed by atoms with van der Waals surface area (Å²) in [7, 11) is -4.18. The first-order valence-corrected chi connectivity index (χ1v) is 21.1. The van der Waals surface area contributed by atoms with Gasteiger partial charge >= 0.3 is 5.97 Å². The molecule has 53 heavy (non-hydrogen) atoms. The van der Waals surface area contributed by atoms with E-state index in [4.69, 9.17) is 4.74 Å². The Morgan fingerprint density at radius 2 is 1.75 bits per heavy atom. The second-order valence-corrected chi connectivity index (χ2v) is 16.9. The van der Waals surface area contributed by atoms with Crippen molar-refractivity contribution in [2.75, 3.05) is 41.7 Å². The van der Waals surface area contributed by atoms with E-state index in [0.29, 0.717) is 38.2 Å². The van der Waals surface area contributed by atoms with Crippen LogP contribution in [0.4, 0.5) is 11.4 Å². The van der Waals surface area contributed by atoms with Gasteiger partial charge in [-0.05, 0) is 106 Å². The molecule has 0 fully saturated rings. The fourth-order valence-electron chi connectivity index (χ4n) is 9.73. The van der Waals surface area contributed by atoms with Crippen LogP contribution in [-0.4, -0.2) is 79.0 Å². The van der Waals surface area contributed by atoms with Gasteiger partial charge in [-0.3, -0.25) is 14.1 Å². The maximum Gasteiger partial charge on any atom is 0.303 e. The molecule has 3 aliphatic heterocycles. The topological polar surface area (TPSA) is 128 Å². The first-order chi connectivity index (χ1) is 25.4. The number of hydrogen-bond acceptors (Lipinski definition) is 7. The number of aryl methyl sites for hydroxylation is 1. The number of anilines is 2. The van der Waals surface area contributed by atoms with Gasteiger partial charge < -0.3 is 24.5 Å². The van der Waals surface area contributed by atoms with E-state index in [9.17, 15) is 27.7 Å². The van der Waals surface area contributed by atoms with Crippen LogP contribution in [0.15, 0.2) is 76.7 Å². The molecule has 1 amide bonds. The number of hydrogen-bond donors (Lipinski definition) is 2. The van der Waals surface area contributed by atoms with Crippen molar-refractivity contribution in [1.82, 2.24) is 4.90 Å². The van der Waals surface area contributed by atoms with Crippen LogP contribution in [-0.2, 0) is 31.5 Å². The van der Waals surface area contributed by atoms with Crippen LogP contribution in [0.1, 0.15) is 106 Å². The largest absolute Gasteiger partial charge is 0.481 e. The molecule has 0 saturated heterocycles. The summed E-state index contributed by atoms with van der Waals surface area (Å²) in [4.78, 5) is 31.5. The Balaban J connectivity index is 1.36. The van der Waals surface area contributed by atoms with E-state index in [1.165, 1.54) is 27.8 Å². The normalized spacial score (nSPS) is 23.3. The number of carbonyl (C=O) groups is 2. The quantitative estimate of drug-likeness (QED) is 0.159. The number of amides is 1. The van der Waals surface area contributed by atoms with E-state index >= 15 is 0 Å². The standard InChI is InChI=1S/C42H53N3O7S/c1-4-43(5-2)41(48)30-14-11-16-34-39(30)45(24-12-26-53(49,50)51)40-32-27-31-35(52-36(32)22-25-44(34)40)21-20-29-19-18-28-13-8-9-15-33(28)42(3,38(29)31)23-10-6-7-17-37(46)47/h8-9,11,13-16,27,35-36H,4-7,10,12,17-26H2,1-3H3,(H,46,47)(H,49,50,51). The fourth-order valence-corrected chi connectivity index (χ4v) is 10.2. The molecule has 0 radical (unpaired) electrons. The van der Waals surface area contributed by atoms with E-state index in [-0.39, 0.29) is 42.1 Å². The third-order valence-corrected chi connectivity index (χ3v) is 12.9. The highest BCUT2D eigenvalue weighted by molar-refractivity contribution is 7.85. The van der Waals surface area contributed by atoms with Crippen molar-refractivity contribution in [3.05, 3.63) is 93.3 Å². The summed E-state index contributed by atoms with van der Waals surface area (Å²) >= 11 is 0. The Morgan fingerprint density at radius 3 is 2.51 bits per heavy atom. The number of para-hydroxylation sites is 1. The first kappa shape index (κ1) is 37.4. The van der Waals surface area contributed by atoms with Gasteiger partial charge in [0, 0.05) is 43.6 Å². The van der Waals surface area contributed by atoms with Crippen molar-refractivity contribution >= 4 is 33.4 Å². The van der Waals surface area contributed by atoms with Crippen LogP contribution in [0.25, 0.3) is 0 Å². The summed E-state index contributed by atoms with van der Waals surface area (Å²) in [6.07, 6.45) is 10.5. The Morgan fingerprint density at radius 1 is 0.962 bits per heavy atom. The monoisotopic (exact) mass is 743 g/mol. The van der Waals surface area contributed by atoms with E-state index < -0.39 is 16.1 Å². The molecule has 2 aromatic rings. The number of ether oxygens (including phenoxy) is 1. The molecule has 2 aromatic carbocycles. The minimum absolute atomic E-state index is 0.0530. The van der Waals surface area contributed by atoms with Crippen molar-refractivity contribution in [3.63, 3.8) is 0 Å². The maximum atomic E-state index is 14.0. The number of fused-ring (bicyclic) bond motifs is 7. The number of unbranched alkanes of at least 4 members (excludes halogenated alkanes) is 2. The van der Waals surface area contributed by atoms with Crippen molar-refractivity contribution in [2.45, 2.75) is 109 Å². The van der Waals surface area contributed by atoms with Gasteiger partial charge in [0.1, 0.15) is 5.82 Å². The molecule has 7 rings (SSSR count). The minimum atomic E-state index is -4.18. The van der Waals surface area contributed by atoms with Gasteiger partial charge in [-0.15, -0.1) is 0 Å². The highest BCUT2D eigenvalue weighted by Gasteiger charge is 2.47. The summed E-state index contributed by atoms with van der Waals surface area (Å²) in [5, 5.41) is 9.27. The summed E-state index contributed by atoms with van der Waals surface area (Å²) in [6, 6.07) is 14.6. The zero-order valence-electron chi connectivity index (χ0n) is 31.3. The van der Waals surface area contributed by atoms with Crippen molar-refractivity contribution in [2.24, 2.45) is 0 Å².